The van der Waals surface area contributed by atoms with Crippen molar-refractivity contribution in [1.82, 2.24) is 9.97 Å². The third-order valence-electron chi connectivity index (χ3n) is 2.39. The van der Waals surface area contributed by atoms with Crippen LogP contribution in [0.4, 0.5) is 11.5 Å². The van der Waals surface area contributed by atoms with E-state index < -0.39 is 5.91 Å². The highest BCUT2D eigenvalue weighted by Gasteiger charge is 2.18. The number of hydrogen-bond acceptors (Lipinski definition) is 5. The van der Waals surface area contributed by atoms with Crippen molar-refractivity contribution in [2.75, 3.05) is 5.32 Å². The van der Waals surface area contributed by atoms with Crippen LogP contribution >= 0.6 is 11.8 Å². The minimum atomic E-state index is -0.440. The van der Waals surface area contributed by atoms with Crippen molar-refractivity contribution in [1.29, 1.82) is 0 Å². The number of amides is 1. The van der Waals surface area contributed by atoms with Gasteiger partial charge in [-0.15, -0.1) is 0 Å². The van der Waals surface area contributed by atoms with Crippen molar-refractivity contribution in [2.24, 2.45) is 5.73 Å². The largest absolute Gasteiger partial charge is 0.366 e. The van der Waals surface area contributed by atoms with E-state index in [0.717, 1.165) is 15.6 Å². The summed E-state index contributed by atoms with van der Waals surface area (Å²) in [5.74, 6) is 0.260. The minimum absolute atomic E-state index is 0.440. The van der Waals surface area contributed by atoms with Crippen LogP contribution in [0.25, 0.3) is 0 Å². The van der Waals surface area contributed by atoms with E-state index in [9.17, 15) is 4.79 Å². The van der Waals surface area contributed by atoms with Crippen LogP contribution in [0.5, 0.6) is 0 Å². The first-order valence-corrected chi connectivity index (χ1v) is 5.75. The van der Waals surface area contributed by atoms with Crippen LogP contribution in [0.3, 0.4) is 0 Å². The fourth-order valence-corrected chi connectivity index (χ4v) is 2.47. The van der Waals surface area contributed by atoms with Crippen molar-refractivity contribution in [3.8, 4) is 0 Å². The number of benzene rings is 1. The summed E-state index contributed by atoms with van der Waals surface area (Å²) in [6, 6.07) is 5.28. The summed E-state index contributed by atoms with van der Waals surface area (Å²) in [5, 5.41) is 3.96. The van der Waals surface area contributed by atoms with Crippen LogP contribution < -0.4 is 11.1 Å². The van der Waals surface area contributed by atoms with Crippen LogP contribution in [0, 0.1) is 0 Å². The average Bonchev–Trinajstić information content (AvgIpc) is 2.35. The molecule has 0 atom stereocenters. The number of nitrogens with one attached hydrogen (secondary N) is 1. The summed E-state index contributed by atoms with van der Waals surface area (Å²) in [6.45, 7) is 0. The van der Waals surface area contributed by atoms with Gasteiger partial charge in [0.25, 0.3) is 0 Å². The Morgan fingerprint density at radius 1 is 1.29 bits per heavy atom. The average molecular weight is 244 g/mol. The van der Waals surface area contributed by atoms with Gasteiger partial charge in [0.05, 0.1) is 5.69 Å². The van der Waals surface area contributed by atoms with Gasteiger partial charge in [0.1, 0.15) is 5.03 Å². The van der Waals surface area contributed by atoms with Crippen molar-refractivity contribution in [3.63, 3.8) is 0 Å². The van der Waals surface area contributed by atoms with Gasteiger partial charge in [-0.2, -0.15) is 0 Å². The lowest BCUT2D eigenvalue weighted by molar-refractivity contribution is 0.100. The molecule has 1 aromatic heterocycles. The zero-order chi connectivity index (χ0) is 11.8. The first-order valence-electron chi connectivity index (χ1n) is 4.94. The molecule has 1 amide bonds. The van der Waals surface area contributed by atoms with Crippen molar-refractivity contribution >= 4 is 29.2 Å². The molecule has 2 heterocycles. The number of nitrogens with two attached hydrogens (primary N) is 1. The lowest BCUT2D eigenvalue weighted by atomic mass is 10.2. The SMILES string of the molecule is NC(=O)c1ccc2c(c1)Nc1nccnc1S2. The Morgan fingerprint density at radius 2 is 2.12 bits per heavy atom. The molecular formula is C11H8N4OS. The molecule has 0 radical (unpaired) electrons. The highest BCUT2D eigenvalue weighted by atomic mass is 32.2. The molecule has 5 nitrogen and oxygen atoms in total. The van der Waals surface area contributed by atoms with Crippen molar-refractivity contribution in [3.05, 3.63) is 36.2 Å². The molecule has 0 unspecified atom stereocenters. The Morgan fingerprint density at radius 3 is 2.94 bits per heavy atom. The Bertz CT molecular complexity index is 614. The highest BCUT2D eigenvalue weighted by Crippen LogP contribution is 2.41. The number of rotatable bonds is 1. The molecule has 6 heteroatoms. The Hall–Kier alpha value is -2.08. The standard InChI is InChI=1S/C11H8N4OS/c12-9(16)6-1-2-8-7(5-6)15-10-11(17-8)14-4-3-13-10/h1-5H,(H2,12,16)(H,13,15). The molecule has 1 aliphatic heterocycles. The maximum Gasteiger partial charge on any atom is 0.248 e. The van der Waals surface area contributed by atoms with Crippen LogP contribution in [-0.2, 0) is 0 Å². The van der Waals surface area contributed by atoms with Gasteiger partial charge in [-0.3, -0.25) is 4.79 Å². The summed E-state index contributed by atoms with van der Waals surface area (Å²) in [6.07, 6.45) is 3.27. The van der Waals surface area contributed by atoms with Gasteiger partial charge in [0.2, 0.25) is 5.91 Å². The molecular weight excluding hydrogens is 236 g/mol. The zero-order valence-corrected chi connectivity index (χ0v) is 9.49. The van der Waals surface area contributed by atoms with E-state index in [1.54, 1.807) is 24.5 Å². The number of carbonyl (C=O) groups is 1. The predicted octanol–water partition coefficient (Wildman–Crippen LogP) is 1.78. The number of aromatic nitrogens is 2. The topological polar surface area (TPSA) is 80.9 Å². The molecule has 0 saturated carbocycles. The van der Waals surface area contributed by atoms with E-state index in [4.69, 9.17) is 5.73 Å². The number of nitrogens with zero attached hydrogens (tertiary/aromatic N) is 2. The molecule has 0 fully saturated rings. The number of anilines is 2. The third-order valence-corrected chi connectivity index (χ3v) is 3.46. The minimum Gasteiger partial charge on any atom is -0.366 e. The molecule has 0 spiro atoms. The number of carbonyl (C=O) groups excluding carboxylic acids is 1. The molecule has 1 aliphatic rings. The number of fused-ring (bicyclic) bond motifs is 2. The highest BCUT2D eigenvalue weighted by molar-refractivity contribution is 7.99. The molecule has 1 aromatic carbocycles. The molecule has 0 saturated heterocycles. The molecule has 84 valence electrons. The van der Waals surface area contributed by atoms with E-state index in [-0.39, 0.29) is 0 Å². The smallest absolute Gasteiger partial charge is 0.248 e. The second-order valence-corrected chi connectivity index (χ2v) is 4.54. The van der Waals surface area contributed by atoms with Crippen LogP contribution in [0.2, 0.25) is 0 Å². The first kappa shape index (κ1) is 10.1. The van der Waals surface area contributed by atoms with Crippen molar-refractivity contribution < 1.29 is 4.79 Å². The normalized spacial score (nSPS) is 12.2. The summed E-state index contributed by atoms with van der Waals surface area (Å²) in [7, 11) is 0. The lowest BCUT2D eigenvalue weighted by Gasteiger charge is -2.18. The second kappa shape index (κ2) is 3.74. The molecule has 2 aromatic rings. The molecule has 0 aliphatic carbocycles. The Balaban J connectivity index is 2.06. The molecule has 17 heavy (non-hydrogen) atoms. The number of primary amides is 1. The van der Waals surface area contributed by atoms with Gasteiger partial charge < -0.3 is 11.1 Å². The molecule has 3 rings (SSSR count). The van der Waals surface area contributed by atoms with Gasteiger partial charge in [-0.1, -0.05) is 11.8 Å². The van der Waals surface area contributed by atoms with Crippen LogP contribution in [0.15, 0.2) is 40.5 Å². The monoisotopic (exact) mass is 244 g/mol. The van der Waals surface area contributed by atoms with Crippen LogP contribution in [0.1, 0.15) is 10.4 Å². The van der Waals surface area contributed by atoms with Gasteiger partial charge in [-0.05, 0) is 18.2 Å². The van der Waals surface area contributed by atoms with E-state index >= 15 is 0 Å². The van der Waals surface area contributed by atoms with Gasteiger partial charge in [-0.25, -0.2) is 9.97 Å². The predicted molar refractivity (Wildman–Crippen MR) is 64.4 cm³/mol. The van der Waals surface area contributed by atoms with Gasteiger partial charge in [0, 0.05) is 22.9 Å². The first-order chi connectivity index (χ1) is 8.24. The summed E-state index contributed by atoms with van der Waals surface area (Å²) >= 11 is 1.51. The fraction of sp³-hybridized carbons (Fsp3) is 0. The van der Waals surface area contributed by atoms with E-state index in [1.807, 2.05) is 6.07 Å². The quantitative estimate of drug-likeness (QED) is 0.682. The zero-order valence-electron chi connectivity index (χ0n) is 8.68. The van der Waals surface area contributed by atoms with Gasteiger partial charge in [0.15, 0.2) is 5.82 Å². The molecule has 0 bridgehead atoms. The lowest BCUT2D eigenvalue weighted by Crippen LogP contribution is -2.12. The van der Waals surface area contributed by atoms with E-state index in [2.05, 4.69) is 15.3 Å². The Kier molecular flexibility index (Phi) is 2.22. The fourth-order valence-electron chi connectivity index (χ4n) is 1.59. The summed E-state index contributed by atoms with van der Waals surface area (Å²) in [4.78, 5) is 20.5. The van der Waals surface area contributed by atoms with Crippen LogP contribution in [-0.4, -0.2) is 15.9 Å². The maximum absolute atomic E-state index is 11.1. The second-order valence-electron chi connectivity index (χ2n) is 3.51. The third kappa shape index (κ3) is 1.72. The Labute approximate surface area is 101 Å². The van der Waals surface area contributed by atoms with Gasteiger partial charge >= 0.3 is 0 Å². The van der Waals surface area contributed by atoms with E-state index in [0.29, 0.717) is 11.4 Å². The van der Waals surface area contributed by atoms with Crippen molar-refractivity contribution in [2.45, 2.75) is 9.92 Å². The molecule has 3 N–H and O–H groups in total. The summed E-state index contributed by atoms with van der Waals surface area (Å²) < 4.78 is 0. The van der Waals surface area contributed by atoms with E-state index in [1.165, 1.54) is 11.8 Å². The summed E-state index contributed by atoms with van der Waals surface area (Å²) in [5.41, 5.74) is 6.55. The maximum atomic E-state index is 11.1. The number of hydrogen-bond donors (Lipinski definition) is 2.